The van der Waals surface area contributed by atoms with Crippen molar-refractivity contribution in [2.24, 2.45) is 0 Å². The Hall–Kier alpha value is -1.94. The number of hydrogen-bond acceptors (Lipinski definition) is 3. The Morgan fingerprint density at radius 1 is 0.885 bits per heavy atom. The number of anilines is 1. The lowest BCUT2D eigenvalue weighted by molar-refractivity contribution is 0.312. The minimum absolute atomic E-state index is 0.176. The third-order valence-electron chi connectivity index (χ3n) is 5.77. The van der Waals surface area contributed by atoms with Crippen LogP contribution in [0.15, 0.2) is 30.3 Å². The molecule has 2 aromatic rings. The van der Waals surface area contributed by atoms with Gasteiger partial charge in [-0.25, -0.2) is 9.37 Å². The largest absolute Gasteiger partial charge is 0.354 e. The highest BCUT2D eigenvalue weighted by Gasteiger charge is 2.20. The molecular weight excluding hydrogens is 325 g/mol. The SMILES string of the molecule is CN1CCN(c2cc(-c3ccc(F)cc3)c3c(n2)CCCCCC3)CC1. The van der Waals surface area contributed by atoms with Crippen molar-refractivity contribution >= 4 is 5.82 Å². The lowest BCUT2D eigenvalue weighted by Gasteiger charge is -2.34. The third-order valence-corrected chi connectivity index (χ3v) is 5.77. The summed E-state index contributed by atoms with van der Waals surface area (Å²) in [6.45, 7) is 4.19. The number of aryl methyl sites for hydroxylation is 1. The molecule has 0 radical (unpaired) electrons. The van der Waals surface area contributed by atoms with Crippen LogP contribution in [0.5, 0.6) is 0 Å². The van der Waals surface area contributed by atoms with Crippen LogP contribution in [0.4, 0.5) is 10.2 Å². The highest BCUT2D eigenvalue weighted by atomic mass is 19.1. The van der Waals surface area contributed by atoms with Gasteiger partial charge in [-0.3, -0.25) is 0 Å². The molecule has 3 nitrogen and oxygen atoms in total. The van der Waals surface area contributed by atoms with Crippen molar-refractivity contribution in [1.29, 1.82) is 0 Å². The van der Waals surface area contributed by atoms with E-state index in [1.165, 1.54) is 42.5 Å². The summed E-state index contributed by atoms with van der Waals surface area (Å²) in [5, 5.41) is 0. The number of halogens is 1. The number of rotatable bonds is 2. The first-order chi connectivity index (χ1) is 12.7. The van der Waals surface area contributed by atoms with E-state index in [4.69, 9.17) is 4.98 Å². The van der Waals surface area contributed by atoms with Gasteiger partial charge in [0.05, 0.1) is 0 Å². The van der Waals surface area contributed by atoms with Crippen molar-refractivity contribution in [2.75, 3.05) is 38.1 Å². The van der Waals surface area contributed by atoms with Gasteiger partial charge in [-0.1, -0.05) is 25.0 Å². The quantitative estimate of drug-likeness (QED) is 0.802. The lowest BCUT2D eigenvalue weighted by atomic mass is 9.90. The van der Waals surface area contributed by atoms with Gasteiger partial charge in [0.25, 0.3) is 0 Å². The molecule has 2 aliphatic rings. The van der Waals surface area contributed by atoms with Gasteiger partial charge in [0.2, 0.25) is 0 Å². The van der Waals surface area contributed by atoms with E-state index in [1.807, 2.05) is 12.1 Å². The maximum Gasteiger partial charge on any atom is 0.129 e. The van der Waals surface area contributed by atoms with Gasteiger partial charge in [0, 0.05) is 31.9 Å². The molecule has 1 saturated heterocycles. The number of pyridine rings is 1. The van der Waals surface area contributed by atoms with Crippen LogP contribution in [0.1, 0.15) is 36.9 Å². The molecule has 0 amide bonds. The Bertz CT molecular complexity index is 749. The van der Waals surface area contributed by atoms with Gasteiger partial charge >= 0.3 is 0 Å². The molecule has 1 aliphatic carbocycles. The number of likely N-dealkylation sites (N-methyl/N-ethyl adjacent to an activating group) is 1. The summed E-state index contributed by atoms with van der Waals surface area (Å²) in [6, 6.07) is 9.22. The molecule has 4 rings (SSSR count). The molecule has 1 fully saturated rings. The topological polar surface area (TPSA) is 19.4 Å². The molecular formula is C22H28FN3. The minimum Gasteiger partial charge on any atom is -0.354 e. The lowest BCUT2D eigenvalue weighted by Crippen LogP contribution is -2.45. The first kappa shape index (κ1) is 17.5. The van der Waals surface area contributed by atoms with Crippen molar-refractivity contribution in [2.45, 2.75) is 38.5 Å². The zero-order valence-electron chi connectivity index (χ0n) is 15.7. The van der Waals surface area contributed by atoms with Gasteiger partial charge < -0.3 is 9.80 Å². The third kappa shape index (κ3) is 3.75. The fraction of sp³-hybridized carbons (Fsp3) is 0.500. The average Bonchev–Trinajstić information content (AvgIpc) is 2.63. The first-order valence-corrected chi connectivity index (χ1v) is 9.93. The highest BCUT2D eigenvalue weighted by molar-refractivity contribution is 5.71. The van der Waals surface area contributed by atoms with Crippen molar-refractivity contribution < 1.29 is 4.39 Å². The number of benzene rings is 1. The molecule has 1 aromatic heterocycles. The van der Waals surface area contributed by atoms with E-state index in [0.29, 0.717) is 0 Å². The second-order valence-electron chi connectivity index (χ2n) is 7.66. The number of fused-ring (bicyclic) bond motifs is 1. The monoisotopic (exact) mass is 353 g/mol. The fourth-order valence-electron chi connectivity index (χ4n) is 4.13. The molecule has 1 aliphatic heterocycles. The molecule has 138 valence electrons. The Morgan fingerprint density at radius 3 is 2.31 bits per heavy atom. The summed E-state index contributed by atoms with van der Waals surface area (Å²) in [7, 11) is 2.18. The summed E-state index contributed by atoms with van der Waals surface area (Å²) in [6.07, 6.45) is 7.17. The Labute approximate surface area is 155 Å². The van der Waals surface area contributed by atoms with Gasteiger partial charge in [0.15, 0.2) is 0 Å². The highest BCUT2D eigenvalue weighted by Crippen LogP contribution is 2.33. The molecule has 1 aromatic carbocycles. The molecule has 0 spiro atoms. The van der Waals surface area contributed by atoms with E-state index in [1.54, 1.807) is 12.1 Å². The maximum atomic E-state index is 13.4. The van der Waals surface area contributed by atoms with Crippen molar-refractivity contribution in [3.8, 4) is 11.1 Å². The first-order valence-electron chi connectivity index (χ1n) is 9.93. The van der Waals surface area contributed by atoms with E-state index in [2.05, 4.69) is 22.9 Å². The molecule has 0 unspecified atom stereocenters. The van der Waals surface area contributed by atoms with E-state index in [0.717, 1.165) is 50.4 Å². The van der Waals surface area contributed by atoms with Gasteiger partial charge in [0.1, 0.15) is 11.6 Å². The Balaban J connectivity index is 1.77. The fourth-order valence-corrected chi connectivity index (χ4v) is 4.13. The van der Waals surface area contributed by atoms with Crippen LogP contribution < -0.4 is 4.90 Å². The van der Waals surface area contributed by atoms with Gasteiger partial charge in [-0.05, 0) is 67.6 Å². The van der Waals surface area contributed by atoms with Crippen molar-refractivity contribution in [3.63, 3.8) is 0 Å². The molecule has 0 bridgehead atoms. The van der Waals surface area contributed by atoms with Crippen LogP contribution in [-0.4, -0.2) is 43.1 Å². The summed E-state index contributed by atoms with van der Waals surface area (Å²) >= 11 is 0. The van der Waals surface area contributed by atoms with Crippen LogP contribution in [0, 0.1) is 5.82 Å². The van der Waals surface area contributed by atoms with E-state index >= 15 is 0 Å². The van der Waals surface area contributed by atoms with E-state index < -0.39 is 0 Å². The Morgan fingerprint density at radius 2 is 1.58 bits per heavy atom. The predicted octanol–water partition coefficient (Wildman–Crippen LogP) is 4.30. The van der Waals surface area contributed by atoms with Crippen LogP contribution in [-0.2, 0) is 12.8 Å². The number of piperazine rings is 1. The molecule has 2 heterocycles. The number of nitrogens with zero attached hydrogens (tertiary/aromatic N) is 3. The summed E-state index contributed by atoms with van der Waals surface area (Å²) in [4.78, 5) is 9.88. The van der Waals surface area contributed by atoms with Crippen LogP contribution in [0.25, 0.3) is 11.1 Å². The molecule has 26 heavy (non-hydrogen) atoms. The van der Waals surface area contributed by atoms with E-state index in [9.17, 15) is 4.39 Å². The van der Waals surface area contributed by atoms with E-state index in [-0.39, 0.29) is 5.82 Å². The van der Waals surface area contributed by atoms with Crippen molar-refractivity contribution in [3.05, 3.63) is 47.4 Å². The average molecular weight is 353 g/mol. The second kappa shape index (κ2) is 7.75. The van der Waals surface area contributed by atoms with Crippen LogP contribution in [0.3, 0.4) is 0 Å². The zero-order valence-corrected chi connectivity index (χ0v) is 15.7. The second-order valence-corrected chi connectivity index (χ2v) is 7.66. The molecule has 0 N–H and O–H groups in total. The maximum absolute atomic E-state index is 13.4. The number of hydrogen-bond donors (Lipinski definition) is 0. The molecule has 0 atom stereocenters. The zero-order chi connectivity index (χ0) is 17.9. The normalized spacial score (nSPS) is 18.9. The van der Waals surface area contributed by atoms with Crippen LogP contribution in [0.2, 0.25) is 0 Å². The minimum atomic E-state index is -0.176. The smallest absolute Gasteiger partial charge is 0.129 e. The standard InChI is InChI=1S/C22H28FN3/c1-25-12-14-26(15-13-25)22-16-20(17-8-10-18(23)11-9-17)19-6-4-2-3-5-7-21(19)24-22/h8-11,16H,2-7,12-15H2,1H3. The van der Waals surface area contributed by atoms with Crippen molar-refractivity contribution in [1.82, 2.24) is 9.88 Å². The number of aromatic nitrogens is 1. The summed E-state index contributed by atoms with van der Waals surface area (Å²) in [5.41, 5.74) is 5.02. The van der Waals surface area contributed by atoms with Gasteiger partial charge in [-0.15, -0.1) is 0 Å². The van der Waals surface area contributed by atoms with Gasteiger partial charge in [-0.2, -0.15) is 0 Å². The molecule has 0 saturated carbocycles. The predicted molar refractivity (Wildman–Crippen MR) is 105 cm³/mol. The summed E-state index contributed by atoms with van der Waals surface area (Å²) in [5.74, 6) is 0.918. The Kier molecular flexibility index (Phi) is 5.21. The summed E-state index contributed by atoms with van der Waals surface area (Å²) < 4.78 is 13.4. The molecule has 4 heteroatoms. The van der Waals surface area contributed by atoms with Crippen LogP contribution >= 0.6 is 0 Å².